The number of carbonyl (C=O) groups excluding carboxylic acids is 1. The van der Waals surface area contributed by atoms with Crippen LogP contribution in [0.1, 0.15) is 73.0 Å². The van der Waals surface area contributed by atoms with Crippen molar-refractivity contribution in [2.45, 2.75) is 85.0 Å². The van der Waals surface area contributed by atoms with Crippen molar-refractivity contribution in [3.63, 3.8) is 0 Å². The quantitative estimate of drug-likeness (QED) is 0.710. The van der Waals surface area contributed by atoms with E-state index in [4.69, 9.17) is 9.15 Å². The lowest BCUT2D eigenvalue weighted by Crippen LogP contribution is -2.44. The van der Waals surface area contributed by atoms with Crippen molar-refractivity contribution in [3.8, 4) is 0 Å². The molecule has 1 aromatic heterocycles. The van der Waals surface area contributed by atoms with Gasteiger partial charge in [-0.25, -0.2) is 4.79 Å². The predicted molar refractivity (Wildman–Crippen MR) is 99.5 cm³/mol. The summed E-state index contributed by atoms with van der Waals surface area (Å²) in [5.74, 6) is 1.55. The second-order valence-corrected chi connectivity index (χ2v) is 8.62. The highest BCUT2D eigenvalue weighted by molar-refractivity contribution is 5.68. The highest BCUT2D eigenvalue weighted by atomic mass is 16.6. The molecule has 5 heteroatoms. The van der Waals surface area contributed by atoms with E-state index < -0.39 is 18.3 Å². The minimum absolute atomic E-state index is 0.0777. The van der Waals surface area contributed by atoms with Gasteiger partial charge in [0.15, 0.2) is 0 Å². The third-order valence-corrected chi connectivity index (χ3v) is 4.08. The Labute approximate surface area is 152 Å². The summed E-state index contributed by atoms with van der Waals surface area (Å²) in [6, 6.07) is 3.79. The molecule has 0 aliphatic carbocycles. The van der Waals surface area contributed by atoms with Crippen molar-refractivity contribution in [1.82, 2.24) is 5.32 Å². The number of ether oxygens (including phenoxy) is 1. The van der Waals surface area contributed by atoms with Gasteiger partial charge in [0.25, 0.3) is 0 Å². The normalized spacial score (nSPS) is 15.9. The lowest BCUT2D eigenvalue weighted by Gasteiger charge is -2.30. The molecule has 1 amide bonds. The van der Waals surface area contributed by atoms with Crippen molar-refractivity contribution in [2.75, 3.05) is 0 Å². The number of rotatable bonds is 8. The lowest BCUT2D eigenvalue weighted by atomic mass is 9.85. The zero-order valence-electron chi connectivity index (χ0n) is 16.7. The largest absolute Gasteiger partial charge is 0.469 e. The SMILES string of the molecule is CC(C)C[C@H](OC(=O)NC(C)(C)C)[C@@H](O)C[C@H](c1ccco1)C(C)C. The van der Waals surface area contributed by atoms with E-state index in [0.717, 1.165) is 5.76 Å². The summed E-state index contributed by atoms with van der Waals surface area (Å²) in [6.07, 6.45) is 0.976. The van der Waals surface area contributed by atoms with Crippen molar-refractivity contribution < 1.29 is 19.1 Å². The average molecular weight is 354 g/mol. The molecule has 0 unspecified atom stereocenters. The maximum atomic E-state index is 12.1. The van der Waals surface area contributed by atoms with Crippen LogP contribution in [0.4, 0.5) is 4.79 Å². The van der Waals surface area contributed by atoms with E-state index in [1.807, 2.05) is 32.9 Å². The summed E-state index contributed by atoms with van der Waals surface area (Å²) in [4.78, 5) is 12.1. The summed E-state index contributed by atoms with van der Waals surface area (Å²) in [5, 5.41) is 13.6. The molecular weight excluding hydrogens is 318 g/mol. The molecule has 0 aliphatic heterocycles. The monoisotopic (exact) mass is 353 g/mol. The van der Waals surface area contributed by atoms with Crippen LogP contribution in [0.5, 0.6) is 0 Å². The van der Waals surface area contributed by atoms with Gasteiger partial charge in [0.1, 0.15) is 11.9 Å². The highest BCUT2D eigenvalue weighted by Crippen LogP contribution is 2.31. The maximum absolute atomic E-state index is 12.1. The number of aliphatic hydroxyl groups is 1. The van der Waals surface area contributed by atoms with Crippen LogP contribution in [0.3, 0.4) is 0 Å². The number of alkyl carbamates (subject to hydrolysis) is 1. The Morgan fingerprint density at radius 2 is 1.88 bits per heavy atom. The highest BCUT2D eigenvalue weighted by Gasteiger charge is 2.30. The third kappa shape index (κ3) is 7.95. The van der Waals surface area contributed by atoms with Gasteiger partial charge >= 0.3 is 6.09 Å². The number of nitrogens with one attached hydrogen (secondary N) is 1. The molecule has 5 nitrogen and oxygen atoms in total. The van der Waals surface area contributed by atoms with Gasteiger partial charge in [0.2, 0.25) is 0 Å². The summed E-state index contributed by atoms with van der Waals surface area (Å²) in [7, 11) is 0. The zero-order valence-corrected chi connectivity index (χ0v) is 16.7. The van der Waals surface area contributed by atoms with E-state index >= 15 is 0 Å². The fourth-order valence-corrected chi connectivity index (χ4v) is 2.85. The Kier molecular flexibility index (Phi) is 8.00. The van der Waals surface area contributed by atoms with Gasteiger partial charge in [-0.05, 0) is 57.6 Å². The molecule has 3 atom stereocenters. The fourth-order valence-electron chi connectivity index (χ4n) is 2.85. The Hall–Kier alpha value is -1.49. The molecule has 1 rings (SSSR count). The van der Waals surface area contributed by atoms with E-state index in [2.05, 4.69) is 33.0 Å². The van der Waals surface area contributed by atoms with E-state index in [1.54, 1.807) is 6.26 Å². The molecular formula is C20H35NO4. The topological polar surface area (TPSA) is 71.7 Å². The summed E-state index contributed by atoms with van der Waals surface area (Å²) < 4.78 is 11.1. The number of aliphatic hydroxyl groups excluding tert-OH is 1. The van der Waals surface area contributed by atoms with E-state index in [-0.39, 0.29) is 11.5 Å². The van der Waals surface area contributed by atoms with E-state index in [9.17, 15) is 9.90 Å². The van der Waals surface area contributed by atoms with Crippen LogP contribution in [0.25, 0.3) is 0 Å². The summed E-state index contributed by atoms with van der Waals surface area (Å²) in [6.45, 7) is 14.0. The van der Waals surface area contributed by atoms with Crippen LogP contribution in [0, 0.1) is 11.8 Å². The molecule has 2 N–H and O–H groups in total. The van der Waals surface area contributed by atoms with Crippen LogP contribution in [0.2, 0.25) is 0 Å². The average Bonchev–Trinajstić information content (AvgIpc) is 2.94. The number of hydrogen-bond donors (Lipinski definition) is 2. The molecule has 0 fully saturated rings. The zero-order chi connectivity index (χ0) is 19.2. The van der Waals surface area contributed by atoms with Crippen LogP contribution in [-0.2, 0) is 4.74 Å². The first-order chi connectivity index (χ1) is 11.5. The second-order valence-electron chi connectivity index (χ2n) is 8.62. The van der Waals surface area contributed by atoms with Crippen molar-refractivity contribution in [1.29, 1.82) is 0 Å². The first kappa shape index (κ1) is 21.6. The predicted octanol–water partition coefficient (Wildman–Crippen LogP) is 4.71. The molecule has 144 valence electrons. The van der Waals surface area contributed by atoms with Crippen LogP contribution in [-0.4, -0.2) is 28.9 Å². The summed E-state index contributed by atoms with van der Waals surface area (Å²) >= 11 is 0. The Bertz CT molecular complexity index is 502. The minimum atomic E-state index is -0.745. The van der Waals surface area contributed by atoms with Gasteiger partial charge in [-0.15, -0.1) is 0 Å². The van der Waals surface area contributed by atoms with Crippen LogP contribution >= 0.6 is 0 Å². The number of hydrogen-bond acceptors (Lipinski definition) is 4. The third-order valence-electron chi connectivity index (χ3n) is 4.08. The molecule has 0 aromatic carbocycles. The standard InChI is InChI=1S/C20H35NO4/c1-13(2)11-18(25-19(23)21-20(5,6)7)16(22)12-15(14(3)4)17-9-8-10-24-17/h8-10,13-16,18,22H,11-12H2,1-7H3,(H,21,23)/t15-,16-,18-/m0/s1. The summed E-state index contributed by atoms with van der Waals surface area (Å²) in [5.41, 5.74) is -0.376. The minimum Gasteiger partial charge on any atom is -0.469 e. The van der Waals surface area contributed by atoms with Gasteiger partial charge in [0, 0.05) is 11.5 Å². The van der Waals surface area contributed by atoms with Crippen molar-refractivity contribution in [2.24, 2.45) is 11.8 Å². The van der Waals surface area contributed by atoms with Gasteiger partial charge in [0.05, 0.1) is 12.4 Å². The molecule has 25 heavy (non-hydrogen) atoms. The van der Waals surface area contributed by atoms with Crippen LogP contribution in [0.15, 0.2) is 22.8 Å². The lowest BCUT2D eigenvalue weighted by molar-refractivity contribution is -0.0189. The molecule has 1 heterocycles. The molecule has 0 saturated heterocycles. The molecule has 0 bridgehead atoms. The van der Waals surface area contributed by atoms with Gasteiger partial charge < -0.3 is 19.6 Å². The smallest absolute Gasteiger partial charge is 0.407 e. The first-order valence-electron chi connectivity index (χ1n) is 9.20. The van der Waals surface area contributed by atoms with Crippen molar-refractivity contribution in [3.05, 3.63) is 24.2 Å². The first-order valence-corrected chi connectivity index (χ1v) is 9.20. The van der Waals surface area contributed by atoms with Gasteiger partial charge in [-0.2, -0.15) is 0 Å². The molecule has 1 aromatic rings. The fraction of sp³-hybridized carbons (Fsp3) is 0.750. The van der Waals surface area contributed by atoms with Crippen molar-refractivity contribution >= 4 is 6.09 Å². The Morgan fingerprint density at radius 3 is 2.32 bits per heavy atom. The van der Waals surface area contributed by atoms with Gasteiger partial charge in [-0.1, -0.05) is 27.7 Å². The maximum Gasteiger partial charge on any atom is 0.407 e. The second kappa shape index (κ2) is 9.27. The molecule has 0 saturated carbocycles. The van der Waals surface area contributed by atoms with E-state index in [1.165, 1.54) is 0 Å². The number of amides is 1. The number of carbonyl (C=O) groups is 1. The number of furan rings is 1. The van der Waals surface area contributed by atoms with E-state index in [0.29, 0.717) is 24.7 Å². The Balaban J connectivity index is 2.81. The molecule has 0 aliphatic rings. The molecule has 0 radical (unpaired) electrons. The Morgan fingerprint density at radius 1 is 1.24 bits per heavy atom. The van der Waals surface area contributed by atoms with Gasteiger partial charge in [-0.3, -0.25) is 0 Å². The molecule has 0 spiro atoms. The van der Waals surface area contributed by atoms with Crippen LogP contribution < -0.4 is 5.32 Å².